The van der Waals surface area contributed by atoms with Gasteiger partial charge in [-0.15, -0.1) is 0 Å². The summed E-state index contributed by atoms with van der Waals surface area (Å²) in [5.74, 6) is -0.0909. The molecule has 0 amide bonds. The lowest BCUT2D eigenvalue weighted by Crippen LogP contribution is -2.05. The SMILES string of the molecule is O=C(Cc1ccncc1)c1c(Cl)cccc1Cl. The molecule has 0 aliphatic carbocycles. The van der Waals surface area contributed by atoms with Gasteiger partial charge in [0.05, 0.1) is 15.6 Å². The van der Waals surface area contributed by atoms with Crippen LogP contribution in [0.15, 0.2) is 42.7 Å². The molecule has 0 unspecified atom stereocenters. The quantitative estimate of drug-likeness (QED) is 0.790. The molecule has 0 atom stereocenters. The first-order valence-electron chi connectivity index (χ1n) is 5.04. The fourth-order valence-electron chi connectivity index (χ4n) is 1.54. The van der Waals surface area contributed by atoms with E-state index in [9.17, 15) is 4.79 Å². The zero-order valence-corrected chi connectivity index (χ0v) is 10.4. The molecule has 0 saturated heterocycles. The number of nitrogens with zero attached hydrogens (tertiary/aromatic N) is 1. The van der Waals surface area contributed by atoms with Gasteiger partial charge in [0, 0.05) is 18.8 Å². The van der Waals surface area contributed by atoms with Gasteiger partial charge < -0.3 is 0 Å². The zero-order chi connectivity index (χ0) is 12.3. The molecule has 0 aliphatic rings. The van der Waals surface area contributed by atoms with Crippen LogP contribution in [0.2, 0.25) is 10.0 Å². The largest absolute Gasteiger partial charge is 0.294 e. The van der Waals surface area contributed by atoms with Gasteiger partial charge >= 0.3 is 0 Å². The smallest absolute Gasteiger partial charge is 0.170 e. The van der Waals surface area contributed by atoms with E-state index in [1.807, 2.05) is 0 Å². The van der Waals surface area contributed by atoms with Crippen molar-refractivity contribution in [1.82, 2.24) is 4.98 Å². The number of carbonyl (C=O) groups excluding carboxylic acids is 1. The minimum atomic E-state index is -0.0909. The number of pyridine rings is 1. The second-order valence-corrected chi connectivity index (χ2v) is 4.37. The first kappa shape index (κ1) is 12.1. The standard InChI is InChI=1S/C13H9Cl2NO/c14-10-2-1-3-11(15)13(10)12(17)8-9-4-6-16-7-5-9/h1-7H,8H2. The molecular formula is C13H9Cl2NO. The Morgan fingerprint density at radius 3 is 2.24 bits per heavy atom. The summed E-state index contributed by atoms with van der Waals surface area (Å²) >= 11 is 11.9. The molecule has 86 valence electrons. The van der Waals surface area contributed by atoms with Gasteiger partial charge in [-0.05, 0) is 29.8 Å². The number of hydrogen-bond donors (Lipinski definition) is 0. The number of Topliss-reactive ketones (excluding diaryl/α,β-unsaturated/α-hetero) is 1. The van der Waals surface area contributed by atoms with Gasteiger partial charge in [-0.3, -0.25) is 9.78 Å². The van der Waals surface area contributed by atoms with E-state index in [1.165, 1.54) is 0 Å². The van der Waals surface area contributed by atoms with Crippen molar-refractivity contribution in [3.05, 3.63) is 63.9 Å². The second kappa shape index (κ2) is 5.30. The lowest BCUT2D eigenvalue weighted by molar-refractivity contribution is 0.0993. The number of halogens is 2. The summed E-state index contributed by atoms with van der Waals surface area (Å²) in [6, 6.07) is 8.62. The van der Waals surface area contributed by atoms with E-state index in [0.717, 1.165) is 5.56 Å². The molecule has 1 heterocycles. The highest BCUT2D eigenvalue weighted by Gasteiger charge is 2.14. The predicted octanol–water partition coefficient (Wildman–Crippen LogP) is 3.81. The van der Waals surface area contributed by atoms with E-state index in [2.05, 4.69) is 4.98 Å². The van der Waals surface area contributed by atoms with Crippen LogP contribution in [0, 0.1) is 0 Å². The van der Waals surface area contributed by atoms with E-state index in [-0.39, 0.29) is 12.2 Å². The van der Waals surface area contributed by atoms with E-state index in [1.54, 1.807) is 42.7 Å². The van der Waals surface area contributed by atoms with Crippen molar-refractivity contribution in [2.24, 2.45) is 0 Å². The number of ketones is 1. The first-order valence-corrected chi connectivity index (χ1v) is 5.80. The summed E-state index contributed by atoms with van der Waals surface area (Å²) in [4.78, 5) is 16.0. The van der Waals surface area contributed by atoms with E-state index in [0.29, 0.717) is 15.6 Å². The Morgan fingerprint density at radius 1 is 1.06 bits per heavy atom. The van der Waals surface area contributed by atoms with Crippen LogP contribution in [0.1, 0.15) is 15.9 Å². The molecule has 0 spiro atoms. The van der Waals surface area contributed by atoms with Crippen LogP contribution in [-0.2, 0) is 6.42 Å². The molecule has 0 N–H and O–H groups in total. The normalized spacial score (nSPS) is 10.2. The van der Waals surface area contributed by atoms with Crippen molar-refractivity contribution in [2.75, 3.05) is 0 Å². The maximum Gasteiger partial charge on any atom is 0.170 e. The first-order chi connectivity index (χ1) is 8.18. The molecular weight excluding hydrogens is 257 g/mol. The molecule has 2 rings (SSSR count). The van der Waals surface area contributed by atoms with Crippen LogP contribution < -0.4 is 0 Å². The van der Waals surface area contributed by atoms with E-state index < -0.39 is 0 Å². The maximum atomic E-state index is 12.1. The topological polar surface area (TPSA) is 30.0 Å². The average molecular weight is 266 g/mol. The molecule has 0 radical (unpaired) electrons. The summed E-state index contributed by atoms with van der Waals surface area (Å²) in [7, 11) is 0. The summed E-state index contributed by atoms with van der Waals surface area (Å²) in [6.07, 6.45) is 3.57. The molecule has 17 heavy (non-hydrogen) atoms. The van der Waals surface area contributed by atoms with Crippen molar-refractivity contribution in [3.8, 4) is 0 Å². The van der Waals surface area contributed by atoms with E-state index in [4.69, 9.17) is 23.2 Å². The van der Waals surface area contributed by atoms with Crippen LogP contribution in [0.4, 0.5) is 0 Å². The summed E-state index contributed by atoms with van der Waals surface area (Å²) in [6.45, 7) is 0. The average Bonchev–Trinajstić information content (AvgIpc) is 2.30. The Balaban J connectivity index is 2.27. The van der Waals surface area contributed by atoms with Gasteiger partial charge in [0.25, 0.3) is 0 Å². The fraction of sp³-hybridized carbons (Fsp3) is 0.0769. The Labute approximate surface area is 109 Å². The van der Waals surface area contributed by atoms with Crippen LogP contribution in [0.5, 0.6) is 0 Å². The third-order valence-corrected chi connectivity index (χ3v) is 2.99. The molecule has 0 bridgehead atoms. The van der Waals surface area contributed by atoms with E-state index >= 15 is 0 Å². The molecule has 2 aromatic rings. The Kier molecular flexibility index (Phi) is 3.77. The molecule has 4 heteroatoms. The van der Waals surface area contributed by atoms with Crippen molar-refractivity contribution in [1.29, 1.82) is 0 Å². The summed E-state index contributed by atoms with van der Waals surface area (Å²) in [5.41, 5.74) is 1.27. The molecule has 0 fully saturated rings. The minimum Gasteiger partial charge on any atom is -0.294 e. The van der Waals surface area contributed by atoms with Gasteiger partial charge in [0.15, 0.2) is 5.78 Å². The minimum absolute atomic E-state index is 0.0909. The van der Waals surface area contributed by atoms with Crippen molar-refractivity contribution in [3.63, 3.8) is 0 Å². The molecule has 0 aliphatic heterocycles. The number of benzene rings is 1. The highest BCUT2D eigenvalue weighted by atomic mass is 35.5. The van der Waals surface area contributed by atoms with Crippen LogP contribution in [0.3, 0.4) is 0 Å². The van der Waals surface area contributed by atoms with Crippen LogP contribution in [0.25, 0.3) is 0 Å². The van der Waals surface area contributed by atoms with Crippen LogP contribution >= 0.6 is 23.2 Å². The number of hydrogen-bond acceptors (Lipinski definition) is 2. The Bertz CT molecular complexity index is 520. The Morgan fingerprint density at radius 2 is 1.65 bits per heavy atom. The maximum absolute atomic E-state index is 12.1. The highest BCUT2D eigenvalue weighted by Crippen LogP contribution is 2.25. The third-order valence-electron chi connectivity index (χ3n) is 2.36. The number of aromatic nitrogens is 1. The summed E-state index contributed by atoms with van der Waals surface area (Å²) in [5, 5.41) is 0.771. The predicted molar refractivity (Wildman–Crippen MR) is 68.7 cm³/mol. The van der Waals surface area contributed by atoms with Gasteiger partial charge in [0.2, 0.25) is 0 Å². The van der Waals surface area contributed by atoms with Crippen LogP contribution in [-0.4, -0.2) is 10.8 Å². The van der Waals surface area contributed by atoms with Gasteiger partial charge in [-0.25, -0.2) is 0 Å². The lowest BCUT2D eigenvalue weighted by atomic mass is 10.0. The molecule has 1 aromatic heterocycles. The van der Waals surface area contributed by atoms with Crippen molar-refractivity contribution >= 4 is 29.0 Å². The molecule has 2 nitrogen and oxygen atoms in total. The number of rotatable bonds is 3. The van der Waals surface area contributed by atoms with Gasteiger partial charge in [-0.1, -0.05) is 29.3 Å². The zero-order valence-electron chi connectivity index (χ0n) is 8.86. The van der Waals surface area contributed by atoms with Crippen molar-refractivity contribution < 1.29 is 4.79 Å². The van der Waals surface area contributed by atoms with Crippen molar-refractivity contribution in [2.45, 2.75) is 6.42 Å². The fourth-order valence-corrected chi connectivity index (χ4v) is 2.15. The molecule has 1 aromatic carbocycles. The lowest BCUT2D eigenvalue weighted by Gasteiger charge is -2.05. The Hall–Kier alpha value is -1.38. The van der Waals surface area contributed by atoms with Gasteiger partial charge in [-0.2, -0.15) is 0 Å². The summed E-state index contributed by atoms with van der Waals surface area (Å²) < 4.78 is 0. The molecule has 0 saturated carbocycles. The second-order valence-electron chi connectivity index (χ2n) is 3.55. The van der Waals surface area contributed by atoms with Gasteiger partial charge in [0.1, 0.15) is 0 Å². The number of carbonyl (C=O) groups is 1. The highest BCUT2D eigenvalue weighted by molar-refractivity contribution is 6.39. The third kappa shape index (κ3) is 2.84. The monoisotopic (exact) mass is 265 g/mol.